The Morgan fingerprint density at radius 3 is 1.19 bits per heavy atom. The van der Waals surface area contributed by atoms with Gasteiger partial charge in [0, 0.05) is 22.3 Å². The minimum absolute atomic E-state index is 0. The fourth-order valence-electron chi connectivity index (χ4n) is 6.51. The van der Waals surface area contributed by atoms with Crippen LogP contribution in [0.25, 0.3) is 0 Å². The summed E-state index contributed by atoms with van der Waals surface area (Å²) in [6.45, 7) is 32.2. The Bertz CT molecular complexity index is 1450. The summed E-state index contributed by atoms with van der Waals surface area (Å²) in [6.07, 6.45) is 5.25. The van der Waals surface area contributed by atoms with E-state index >= 15 is 0 Å². The van der Waals surface area contributed by atoms with Gasteiger partial charge in [-0.05, 0) is 112 Å². The first-order valence-corrected chi connectivity index (χ1v) is 18.4. The van der Waals surface area contributed by atoms with Crippen molar-refractivity contribution in [2.75, 3.05) is 0 Å². The molecular formula is C43H66O3S. The third-order valence-electron chi connectivity index (χ3n) is 9.66. The summed E-state index contributed by atoms with van der Waals surface area (Å²) >= 11 is 1.70. The van der Waals surface area contributed by atoms with Crippen molar-refractivity contribution < 1.29 is 16.7 Å². The molecule has 0 radical (unpaired) electrons. The molecule has 0 atom stereocenters. The van der Waals surface area contributed by atoms with Gasteiger partial charge in [-0.3, -0.25) is 0 Å². The van der Waals surface area contributed by atoms with Crippen LogP contribution < -0.4 is 0 Å². The van der Waals surface area contributed by atoms with Crippen molar-refractivity contribution in [2.45, 2.75) is 167 Å². The van der Waals surface area contributed by atoms with E-state index in [1.807, 2.05) is 26.0 Å². The second-order valence-electron chi connectivity index (χ2n) is 18.3. The Hall–Kier alpha value is -2.59. The number of benzene rings is 3. The number of phenols is 3. The van der Waals surface area contributed by atoms with E-state index < -0.39 is 0 Å². The molecule has 3 N–H and O–H groups in total. The summed E-state index contributed by atoms with van der Waals surface area (Å²) in [7, 11) is 0. The van der Waals surface area contributed by atoms with Gasteiger partial charge in [-0.25, -0.2) is 0 Å². The summed E-state index contributed by atoms with van der Waals surface area (Å²) in [4.78, 5) is 2.27. The van der Waals surface area contributed by atoms with Crippen LogP contribution in [0.3, 0.4) is 0 Å². The molecule has 1 saturated carbocycles. The third kappa shape index (κ3) is 9.74. The van der Waals surface area contributed by atoms with Crippen molar-refractivity contribution in [1.29, 1.82) is 0 Å². The zero-order valence-corrected chi connectivity index (χ0v) is 33.0. The molecule has 3 aromatic rings. The van der Waals surface area contributed by atoms with E-state index in [2.05, 4.69) is 114 Å². The predicted molar refractivity (Wildman–Crippen MR) is 205 cm³/mol. The van der Waals surface area contributed by atoms with Crippen LogP contribution in [0.2, 0.25) is 0 Å². The SMILES string of the molecule is CC1CCC(c2cc(C(C)(C)C)c(O)c(C(C)(C)C)c2)CC1.Cc1cc(O)c(C(C)(C)C)cc1Sc1cc(C(C)(C)C)c(O)cc1C.[HH]. The van der Waals surface area contributed by atoms with E-state index in [1.165, 1.54) is 31.2 Å². The topological polar surface area (TPSA) is 60.7 Å². The van der Waals surface area contributed by atoms with Crippen molar-refractivity contribution in [3.05, 3.63) is 75.3 Å². The summed E-state index contributed by atoms with van der Waals surface area (Å²) < 4.78 is 0. The lowest BCUT2D eigenvalue weighted by Gasteiger charge is -2.32. The molecule has 1 aliphatic carbocycles. The van der Waals surface area contributed by atoms with Crippen LogP contribution >= 0.6 is 11.8 Å². The van der Waals surface area contributed by atoms with Crippen LogP contribution in [0.1, 0.15) is 162 Å². The molecule has 262 valence electrons. The zero-order valence-electron chi connectivity index (χ0n) is 32.2. The lowest BCUT2D eigenvalue weighted by Crippen LogP contribution is -2.19. The second-order valence-corrected chi connectivity index (χ2v) is 19.4. The highest BCUT2D eigenvalue weighted by Gasteiger charge is 2.29. The van der Waals surface area contributed by atoms with Gasteiger partial charge in [-0.2, -0.15) is 0 Å². The van der Waals surface area contributed by atoms with Gasteiger partial charge in [0.15, 0.2) is 0 Å². The van der Waals surface area contributed by atoms with Gasteiger partial charge in [0.1, 0.15) is 17.2 Å². The maximum absolute atomic E-state index is 10.8. The molecule has 0 amide bonds. The Labute approximate surface area is 293 Å². The first-order chi connectivity index (χ1) is 21.3. The summed E-state index contributed by atoms with van der Waals surface area (Å²) in [5, 5.41) is 31.5. The average molecular weight is 663 g/mol. The molecule has 0 bridgehead atoms. The number of rotatable bonds is 3. The molecule has 47 heavy (non-hydrogen) atoms. The van der Waals surface area contributed by atoms with Gasteiger partial charge in [0.25, 0.3) is 0 Å². The summed E-state index contributed by atoms with van der Waals surface area (Å²) in [6, 6.07) is 12.5. The van der Waals surface area contributed by atoms with Gasteiger partial charge < -0.3 is 15.3 Å². The highest BCUT2D eigenvalue weighted by Crippen LogP contribution is 2.45. The molecule has 0 heterocycles. The lowest BCUT2D eigenvalue weighted by molar-refractivity contribution is 0.346. The van der Waals surface area contributed by atoms with Crippen molar-refractivity contribution >= 4 is 11.8 Å². The van der Waals surface area contributed by atoms with E-state index in [0.717, 1.165) is 49.1 Å². The summed E-state index contributed by atoms with van der Waals surface area (Å²) in [5.41, 5.74) is 7.38. The number of phenolic OH excluding ortho intramolecular Hbond substituents is 3. The van der Waals surface area contributed by atoms with Crippen LogP contribution in [0.15, 0.2) is 46.2 Å². The minimum atomic E-state index is -0.117. The molecule has 4 rings (SSSR count). The molecule has 0 unspecified atom stereocenters. The van der Waals surface area contributed by atoms with Crippen molar-refractivity contribution in [3.63, 3.8) is 0 Å². The second kappa shape index (κ2) is 14.1. The third-order valence-corrected chi connectivity index (χ3v) is 11.0. The molecule has 4 heteroatoms. The molecule has 0 aliphatic heterocycles. The fourth-order valence-corrected chi connectivity index (χ4v) is 7.55. The smallest absolute Gasteiger partial charge is 0.123 e. The lowest BCUT2D eigenvalue weighted by atomic mass is 9.74. The Morgan fingerprint density at radius 1 is 0.532 bits per heavy atom. The number of aromatic hydroxyl groups is 3. The van der Waals surface area contributed by atoms with Crippen LogP contribution in [0.4, 0.5) is 0 Å². The quantitative estimate of drug-likeness (QED) is 0.261. The normalized spacial score (nSPS) is 17.7. The molecule has 0 aromatic heterocycles. The molecule has 1 fully saturated rings. The van der Waals surface area contributed by atoms with E-state index in [0.29, 0.717) is 23.2 Å². The van der Waals surface area contributed by atoms with Crippen molar-refractivity contribution in [2.24, 2.45) is 5.92 Å². The Morgan fingerprint density at radius 2 is 0.872 bits per heavy atom. The first kappa shape index (κ1) is 38.9. The summed E-state index contributed by atoms with van der Waals surface area (Å²) in [5.74, 6) is 2.75. The maximum atomic E-state index is 10.8. The monoisotopic (exact) mass is 662 g/mol. The largest absolute Gasteiger partial charge is 0.508 e. The fraction of sp³-hybridized carbons (Fsp3) is 0.581. The molecule has 0 spiro atoms. The number of aryl methyl sites for hydroxylation is 2. The number of hydrogen-bond donors (Lipinski definition) is 3. The van der Waals surface area contributed by atoms with Crippen LogP contribution in [0.5, 0.6) is 17.2 Å². The van der Waals surface area contributed by atoms with Crippen LogP contribution in [0, 0.1) is 19.8 Å². The van der Waals surface area contributed by atoms with Gasteiger partial charge >= 0.3 is 0 Å². The molecule has 3 nitrogen and oxygen atoms in total. The van der Waals surface area contributed by atoms with Gasteiger partial charge in [0.2, 0.25) is 0 Å². The van der Waals surface area contributed by atoms with E-state index in [1.54, 1.807) is 11.8 Å². The maximum Gasteiger partial charge on any atom is 0.123 e. The molecular weight excluding hydrogens is 597 g/mol. The first-order valence-electron chi connectivity index (χ1n) is 17.5. The average Bonchev–Trinajstić information content (AvgIpc) is 2.89. The highest BCUT2D eigenvalue weighted by molar-refractivity contribution is 7.99. The Balaban J connectivity index is 0.000000329. The highest BCUT2D eigenvalue weighted by atomic mass is 32.2. The predicted octanol–water partition coefficient (Wildman–Crippen LogP) is 13.0. The van der Waals surface area contributed by atoms with Gasteiger partial charge in [-0.1, -0.05) is 127 Å². The molecule has 1 aliphatic rings. The van der Waals surface area contributed by atoms with Crippen molar-refractivity contribution in [1.82, 2.24) is 0 Å². The van der Waals surface area contributed by atoms with Gasteiger partial charge in [0.05, 0.1) is 0 Å². The van der Waals surface area contributed by atoms with Gasteiger partial charge in [-0.15, -0.1) is 0 Å². The van der Waals surface area contributed by atoms with E-state index in [9.17, 15) is 15.3 Å². The molecule has 3 aromatic carbocycles. The van der Waals surface area contributed by atoms with Crippen LogP contribution in [-0.2, 0) is 21.7 Å². The van der Waals surface area contributed by atoms with Crippen molar-refractivity contribution in [3.8, 4) is 17.2 Å². The van der Waals surface area contributed by atoms with Crippen LogP contribution in [-0.4, -0.2) is 15.3 Å². The van der Waals surface area contributed by atoms with E-state index in [4.69, 9.17) is 0 Å². The molecule has 0 saturated heterocycles. The standard InChI is InChI=1S/C22H30O2S.C21H34O.H2/c1-13-9-17(23)15(21(3,4)5)11-19(13)25-20-12-16(22(6,7)8)18(24)10-14(20)2;1-14-8-10-15(11-9-14)16-12-17(20(2,3)4)19(22)18(13-16)21(5,6)7;/h9-12,23-24H,1-8H3;12-15,22H,8-11H2,1-7H3;1H. The van der Waals surface area contributed by atoms with E-state index in [-0.39, 0.29) is 23.1 Å². The minimum Gasteiger partial charge on any atom is -0.508 e. The zero-order chi connectivity index (χ0) is 35.9. The Kier molecular flexibility index (Phi) is 11.7. The number of hydrogen-bond acceptors (Lipinski definition) is 4.